The number of hydrogen-bond acceptors (Lipinski definition) is 4. The molecule has 20 heavy (non-hydrogen) atoms. The van der Waals surface area contributed by atoms with Crippen molar-refractivity contribution in [1.29, 1.82) is 0 Å². The maximum Gasteiger partial charge on any atom is 0.263 e. The van der Waals surface area contributed by atoms with Crippen LogP contribution in [0.25, 0.3) is 16.5 Å². The van der Waals surface area contributed by atoms with Crippen molar-refractivity contribution in [3.8, 4) is 10.4 Å². The summed E-state index contributed by atoms with van der Waals surface area (Å²) in [4.78, 5) is 14.3. The summed E-state index contributed by atoms with van der Waals surface area (Å²) in [5.41, 5.74) is 1.00. The van der Waals surface area contributed by atoms with E-state index in [1.165, 1.54) is 11.8 Å². The first kappa shape index (κ1) is 13.8. The van der Waals surface area contributed by atoms with Crippen LogP contribution < -0.4 is 5.32 Å². The molecule has 2 aromatic rings. The van der Waals surface area contributed by atoms with Gasteiger partial charge in [0.25, 0.3) is 5.91 Å². The molecule has 2 heterocycles. The number of hydrogen-bond donors (Lipinski definition) is 1. The zero-order valence-corrected chi connectivity index (χ0v) is 13.3. The molecule has 0 atom stereocenters. The topological polar surface area (TPSA) is 29.1 Å². The molecule has 1 aromatic heterocycles. The van der Waals surface area contributed by atoms with Gasteiger partial charge in [-0.15, -0.1) is 11.3 Å². The first-order valence-corrected chi connectivity index (χ1v) is 8.15. The lowest BCUT2D eigenvalue weighted by Gasteiger charge is -1.99. The quantitative estimate of drug-likeness (QED) is 0.643. The molecular formula is C14H8ClNOS3. The third kappa shape index (κ3) is 2.81. The monoisotopic (exact) mass is 337 g/mol. The smallest absolute Gasteiger partial charge is 0.263 e. The molecule has 2 nitrogen and oxygen atoms in total. The van der Waals surface area contributed by atoms with E-state index in [-0.39, 0.29) is 5.91 Å². The van der Waals surface area contributed by atoms with E-state index in [0.29, 0.717) is 9.23 Å². The van der Waals surface area contributed by atoms with Crippen molar-refractivity contribution in [2.75, 3.05) is 0 Å². The largest absolute Gasteiger partial charge is 0.307 e. The van der Waals surface area contributed by atoms with Gasteiger partial charge in [-0.3, -0.25) is 4.79 Å². The number of carbonyl (C=O) groups is 1. The Morgan fingerprint density at radius 3 is 2.70 bits per heavy atom. The van der Waals surface area contributed by atoms with Gasteiger partial charge in [0, 0.05) is 20.3 Å². The van der Waals surface area contributed by atoms with Gasteiger partial charge in [0.2, 0.25) is 0 Å². The number of carbonyl (C=O) groups excluding carboxylic acids is 1. The van der Waals surface area contributed by atoms with Crippen LogP contribution in [0.3, 0.4) is 0 Å². The van der Waals surface area contributed by atoms with Crippen molar-refractivity contribution in [1.82, 2.24) is 5.32 Å². The number of halogens is 1. The fourth-order valence-corrected chi connectivity index (χ4v) is 4.18. The van der Waals surface area contributed by atoms with Crippen LogP contribution in [0.5, 0.6) is 0 Å². The average molecular weight is 338 g/mol. The Bertz CT molecular complexity index is 736. The lowest BCUT2D eigenvalue weighted by Crippen LogP contribution is -2.17. The molecule has 0 bridgehead atoms. The minimum Gasteiger partial charge on any atom is -0.307 e. The SMILES string of the molecule is O=C1NC(=S)S/C1=C/c1ccc(-c2ccccc2Cl)s1. The fourth-order valence-electron chi connectivity index (χ4n) is 1.79. The molecule has 0 aliphatic carbocycles. The van der Waals surface area contributed by atoms with Gasteiger partial charge < -0.3 is 5.32 Å². The Hall–Kier alpha value is -1.14. The molecule has 1 amide bonds. The van der Waals surface area contributed by atoms with Crippen molar-refractivity contribution >= 4 is 63.2 Å². The Labute approximate surface area is 134 Å². The molecule has 1 aliphatic heterocycles. The summed E-state index contributed by atoms with van der Waals surface area (Å²) in [6.45, 7) is 0. The molecule has 0 unspecified atom stereocenters. The summed E-state index contributed by atoms with van der Waals surface area (Å²) in [6, 6.07) is 11.7. The first-order valence-electron chi connectivity index (χ1n) is 5.73. The van der Waals surface area contributed by atoms with Crippen molar-refractivity contribution in [2.24, 2.45) is 0 Å². The molecule has 6 heteroatoms. The molecular weight excluding hydrogens is 330 g/mol. The number of thiophene rings is 1. The van der Waals surface area contributed by atoms with Crippen molar-refractivity contribution in [2.45, 2.75) is 0 Å². The van der Waals surface area contributed by atoms with Crippen molar-refractivity contribution < 1.29 is 4.79 Å². The van der Waals surface area contributed by atoms with Gasteiger partial charge >= 0.3 is 0 Å². The second-order valence-corrected chi connectivity index (χ2v) is 7.28. The van der Waals surface area contributed by atoms with Crippen LogP contribution in [0.1, 0.15) is 4.88 Å². The average Bonchev–Trinajstić information content (AvgIpc) is 2.98. The van der Waals surface area contributed by atoms with E-state index in [1.807, 2.05) is 42.5 Å². The molecule has 0 saturated carbocycles. The van der Waals surface area contributed by atoms with Crippen LogP contribution in [0.2, 0.25) is 5.02 Å². The predicted molar refractivity (Wildman–Crippen MR) is 91.1 cm³/mol. The van der Waals surface area contributed by atoms with Crippen LogP contribution in [-0.2, 0) is 4.79 Å². The summed E-state index contributed by atoms with van der Waals surface area (Å²) in [5.74, 6) is -0.132. The number of thioether (sulfide) groups is 1. The highest BCUT2D eigenvalue weighted by Gasteiger charge is 2.22. The molecule has 3 rings (SSSR count). The van der Waals surface area contributed by atoms with Gasteiger partial charge in [-0.1, -0.05) is 53.8 Å². The van der Waals surface area contributed by atoms with Gasteiger partial charge in [0.15, 0.2) is 0 Å². The number of amides is 1. The van der Waals surface area contributed by atoms with E-state index in [2.05, 4.69) is 5.32 Å². The van der Waals surface area contributed by atoms with Crippen LogP contribution in [0.4, 0.5) is 0 Å². The standard InChI is InChI=1S/C14H8ClNOS3/c15-10-4-2-1-3-9(10)11-6-5-8(19-11)7-12-13(17)16-14(18)20-12/h1-7H,(H,16,17,18)/b12-7+. The highest BCUT2D eigenvalue weighted by Crippen LogP contribution is 2.35. The molecule has 100 valence electrons. The highest BCUT2D eigenvalue weighted by molar-refractivity contribution is 8.26. The Morgan fingerprint density at radius 1 is 1.20 bits per heavy atom. The maximum atomic E-state index is 11.6. The van der Waals surface area contributed by atoms with Crippen molar-refractivity contribution in [3.63, 3.8) is 0 Å². The summed E-state index contributed by atoms with van der Waals surface area (Å²) < 4.78 is 0.504. The van der Waals surface area contributed by atoms with Crippen LogP contribution in [0, 0.1) is 0 Å². The number of nitrogens with one attached hydrogen (secondary N) is 1. The van der Waals surface area contributed by atoms with Crippen LogP contribution >= 0.6 is 46.9 Å². The lowest BCUT2D eigenvalue weighted by atomic mass is 10.2. The van der Waals surface area contributed by atoms with E-state index in [1.54, 1.807) is 11.3 Å². The Balaban J connectivity index is 1.92. The van der Waals surface area contributed by atoms with Gasteiger partial charge in [0.1, 0.15) is 4.32 Å². The summed E-state index contributed by atoms with van der Waals surface area (Å²) in [5, 5.41) is 3.33. The van der Waals surface area contributed by atoms with E-state index < -0.39 is 0 Å². The molecule has 0 spiro atoms. The second kappa shape index (κ2) is 5.69. The molecule has 1 aliphatic rings. The summed E-state index contributed by atoms with van der Waals surface area (Å²) in [6.07, 6.45) is 1.85. The van der Waals surface area contributed by atoms with E-state index in [0.717, 1.165) is 20.3 Å². The number of benzene rings is 1. The van der Waals surface area contributed by atoms with Gasteiger partial charge in [-0.25, -0.2) is 0 Å². The minimum atomic E-state index is -0.132. The predicted octanol–water partition coefficient (Wildman–Crippen LogP) is 4.56. The normalized spacial score (nSPS) is 16.8. The third-order valence-corrected chi connectivity index (χ3v) is 5.24. The van der Waals surface area contributed by atoms with E-state index >= 15 is 0 Å². The minimum absolute atomic E-state index is 0.132. The molecule has 1 fully saturated rings. The molecule has 1 saturated heterocycles. The van der Waals surface area contributed by atoms with Gasteiger partial charge in [0.05, 0.1) is 4.91 Å². The van der Waals surface area contributed by atoms with E-state index in [9.17, 15) is 4.79 Å². The third-order valence-electron chi connectivity index (χ3n) is 2.68. The first-order chi connectivity index (χ1) is 9.63. The Kier molecular flexibility index (Phi) is 3.94. The lowest BCUT2D eigenvalue weighted by molar-refractivity contribution is -0.115. The Morgan fingerprint density at radius 2 is 2.00 bits per heavy atom. The highest BCUT2D eigenvalue weighted by atomic mass is 35.5. The zero-order valence-electron chi connectivity index (χ0n) is 10.1. The van der Waals surface area contributed by atoms with Crippen LogP contribution in [0.15, 0.2) is 41.3 Å². The molecule has 1 aromatic carbocycles. The maximum absolute atomic E-state index is 11.6. The fraction of sp³-hybridized carbons (Fsp3) is 0. The molecule has 1 N–H and O–H groups in total. The second-order valence-electron chi connectivity index (χ2n) is 4.03. The van der Waals surface area contributed by atoms with Gasteiger partial charge in [-0.05, 0) is 24.3 Å². The number of thiocarbonyl (C=S) groups is 1. The zero-order chi connectivity index (χ0) is 14.1. The van der Waals surface area contributed by atoms with E-state index in [4.69, 9.17) is 23.8 Å². The van der Waals surface area contributed by atoms with Gasteiger partial charge in [-0.2, -0.15) is 0 Å². The summed E-state index contributed by atoms with van der Waals surface area (Å²) in [7, 11) is 0. The number of rotatable bonds is 2. The summed E-state index contributed by atoms with van der Waals surface area (Å²) >= 11 is 14.0. The van der Waals surface area contributed by atoms with Crippen molar-refractivity contribution in [3.05, 3.63) is 51.2 Å². The van der Waals surface area contributed by atoms with Crippen LogP contribution in [-0.4, -0.2) is 10.2 Å². The molecule has 0 radical (unpaired) electrons.